The zero-order chi connectivity index (χ0) is 15.9. The fourth-order valence-corrected chi connectivity index (χ4v) is 3.89. The second kappa shape index (κ2) is 9.11. The molecule has 4 aromatic carbocycles. The molecule has 3 heteroatoms. The average Bonchev–Trinajstić information content (AvgIpc) is 3.27. The molecule has 0 saturated heterocycles. The van der Waals surface area contributed by atoms with Crippen LogP contribution in [0.15, 0.2) is 91.0 Å². The fraction of sp³-hybridized carbons (Fsp3) is 0.0417. The Balaban J connectivity index is 0.000000871. The number of allylic oxidation sites excluding steroid dienone is 4. The van der Waals surface area contributed by atoms with E-state index in [4.69, 9.17) is 0 Å². The van der Waals surface area contributed by atoms with Crippen LogP contribution in [-0.2, 0) is 26.2 Å². The van der Waals surface area contributed by atoms with Gasteiger partial charge in [0.2, 0.25) is 0 Å². The Morgan fingerprint density at radius 3 is 2.22 bits per heavy atom. The molecule has 0 aliphatic heterocycles. The van der Waals surface area contributed by atoms with Crippen molar-refractivity contribution in [1.82, 2.24) is 0 Å². The van der Waals surface area contributed by atoms with Gasteiger partial charge < -0.3 is 24.8 Å². The standard InChI is InChI=1S/C24H17.2ClH.Zr/c1-2-8-17(9-3-1)19-12-6-13-21(19)23-15-7-14-22-20-11-5-4-10-18(20)16-24(22)23;;;/h1-12,14-16H,13H2;2*1H;/q-1;;;+3/p-2. The molecule has 0 nitrogen and oxygen atoms in total. The molecule has 0 heterocycles. The SMILES string of the molecule is C1=CC(c2ccccc2)=C(c2cccc3c2[cH-]c2ccccc23)C1.[Cl-].[Cl-].[Zr+3]. The fourth-order valence-electron chi connectivity index (χ4n) is 3.89. The number of hydrogen-bond acceptors (Lipinski definition) is 0. The number of hydrogen-bond donors (Lipinski definition) is 0. The normalized spacial score (nSPS) is 12.6. The van der Waals surface area contributed by atoms with Crippen molar-refractivity contribution in [3.63, 3.8) is 0 Å². The first kappa shape index (κ1) is 21.8. The molecule has 27 heavy (non-hydrogen) atoms. The zero-order valence-corrected chi connectivity index (χ0v) is 18.6. The van der Waals surface area contributed by atoms with Crippen molar-refractivity contribution < 1.29 is 51.0 Å². The Morgan fingerprint density at radius 1 is 0.704 bits per heavy atom. The minimum Gasteiger partial charge on any atom is -1.00 e. The van der Waals surface area contributed by atoms with Gasteiger partial charge in [0.05, 0.1) is 0 Å². The molecule has 4 aromatic rings. The molecule has 0 aromatic heterocycles. The van der Waals surface area contributed by atoms with Crippen LogP contribution in [-0.4, -0.2) is 0 Å². The van der Waals surface area contributed by atoms with Gasteiger partial charge in [0.25, 0.3) is 0 Å². The summed E-state index contributed by atoms with van der Waals surface area (Å²) in [5.74, 6) is 0. The Hall–Kier alpha value is -1.53. The largest absolute Gasteiger partial charge is 3.00 e. The van der Waals surface area contributed by atoms with Crippen LogP contribution in [0.4, 0.5) is 0 Å². The summed E-state index contributed by atoms with van der Waals surface area (Å²) >= 11 is 0. The van der Waals surface area contributed by atoms with E-state index < -0.39 is 0 Å². The molecule has 1 aliphatic carbocycles. The Labute approximate surface area is 191 Å². The Morgan fingerprint density at radius 2 is 1.41 bits per heavy atom. The van der Waals surface area contributed by atoms with Gasteiger partial charge in [-0.1, -0.05) is 90.0 Å². The monoisotopic (exact) mass is 465 g/mol. The van der Waals surface area contributed by atoms with Gasteiger partial charge in [0.1, 0.15) is 0 Å². The van der Waals surface area contributed by atoms with Crippen molar-refractivity contribution >= 4 is 32.7 Å². The summed E-state index contributed by atoms with van der Waals surface area (Å²) in [6.45, 7) is 0. The zero-order valence-electron chi connectivity index (χ0n) is 14.6. The van der Waals surface area contributed by atoms with E-state index in [-0.39, 0.29) is 51.0 Å². The topological polar surface area (TPSA) is 0 Å². The van der Waals surface area contributed by atoms with Crippen LogP contribution in [0.2, 0.25) is 0 Å². The average molecular weight is 468 g/mol. The number of benzene rings is 3. The molecule has 0 atom stereocenters. The van der Waals surface area contributed by atoms with Crippen LogP contribution < -0.4 is 24.8 Å². The molecule has 1 aliphatic rings. The maximum Gasteiger partial charge on any atom is 3.00 e. The summed E-state index contributed by atoms with van der Waals surface area (Å²) in [5.41, 5.74) is 5.46. The summed E-state index contributed by atoms with van der Waals surface area (Å²) < 4.78 is 0. The summed E-state index contributed by atoms with van der Waals surface area (Å²) in [6, 6.07) is 28.4. The van der Waals surface area contributed by atoms with E-state index in [1.165, 1.54) is 43.8 Å². The smallest absolute Gasteiger partial charge is 1.00 e. The summed E-state index contributed by atoms with van der Waals surface area (Å²) in [4.78, 5) is 0. The molecule has 0 unspecified atom stereocenters. The van der Waals surface area contributed by atoms with Crippen molar-refractivity contribution in [2.75, 3.05) is 0 Å². The predicted molar refractivity (Wildman–Crippen MR) is 104 cm³/mol. The molecule has 131 valence electrons. The second-order valence-electron chi connectivity index (χ2n) is 6.36. The summed E-state index contributed by atoms with van der Waals surface area (Å²) in [5, 5.41) is 5.40. The van der Waals surface area contributed by atoms with E-state index in [0.29, 0.717) is 0 Å². The second-order valence-corrected chi connectivity index (χ2v) is 6.36. The van der Waals surface area contributed by atoms with Gasteiger partial charge in [0.15, 0.2) is 0 Å². The van der Waals surface area contributed by atoms with Gasteiger partial charge in [-0.15, -0.1) is 33.7 Å². The first-order chi connectivity index (χ1) is 11.9. The van der Waals surface area contributed by atoms with Crippen LogP contribution in [0.1, 0.15) is 17.5 Å². The third-order valence-corrected chi connectivity index (χ3v) is 5.00. The van der Waals surface area contributed by atoms with Gasteiger partial charge in [0, 0.05) is 0 Å². The van der Waals surface area contributed by atoms with E-state index >= 15 is 0 Å². The third kappa shape index (κ3) is 3.74. The number of halogens is 2. The molecule has 5 rings (SSSR count). The first-order valence-electron chi connectivity index (χ1n) is 8.44. The van der Waals surface area contributed by atoms with Crippen molar-refractivity contribution in [2.45, 2.75) is 6.42 Å². The van der Waals surface area contributed by atoms with E-state index in [9.17, 15) is 0 Å². The van der Waals surface area contributed by atoms with Crippen LogP contribution in [0.3, 0.4) is 0 Å². The molecule has 0 spiro atoms. The molecular formula is C24H17Cl2Zr. The van der Waals surface area contributed by atoms with Crippen molar-refractivity contribution in [2.24, 2.45) is 0 Å². The van der Waals surface area contributed by atoms with Crippen molar-refractivity contribution in [1.29, 1.82) is 0 Å². The van der Waals surface area contributed by atoms with Crippen LogP contribution in [0.25, 0.3) is 32.7 Å². The maximum absolute atomic E-state index is 2.34. The van der Waals surface area contributed by atoms with E-state index in [1.54, 1.807) is 0 Å². The molecule has 1 radical (unpaired) electrons. The predicted octanol–water partition coefficient (Wildman–Crippen LogP) is 0.588. The third-order valence-electron chi connectivity index (χ3n) is 5.00. The van der Waals surface area contributed by atoms with Gasteiger partial charge in [-0.3, -0.25) is 0 Å². The van der Waals surface area contributed by atoms with Crippen LogP contribution >= 0.6 is 0 Å². The minimum absolute atomic E-state index is 0. The van der Waals surface area contributed by atoms with E-state index in [1.807, 2.05) is 0 Å². The quantitative estimate of drug-likeness (QED) is 0.379. The number of rotatable bonds is 2. The van der Waals surface area contributed by atoms with Gasteiger partial charge in [-0.05, 0) is 17.6 Å². The molecule has 0 fully saturated rings. The molecule has 0 bridgehead atoms. The molecule has 0 amide bonds. The minimum atomic E-state index is 0. The Kier molecular flexibility index (Phi) is 7.35. The van der Waals surface area contributed by atoms with Crippen molar-refractivity contribution in [3.8, 4) is 0 Å². The summed E-state index contributed by atoms with van der Waals surface area (Å²) in [6.07, 6.45) is 5.55. The molecule has 0 saturated carbocycles. The van der Waals surface area contributed by atoms with E-state index in [2.05, 4.69) is 91.0 Å². The van der Waals surface area contributed by atoms with Gasteiger partial charge in [-0.25, -0.2) is 0 Å². The van der Waals surface area contributed by atoms with Gasteiger partial charge >= 0.3 is 26.2 Å². The Bertz CT molecular complexity index is 1120. The van der Waals surface area contributed by atoms with Crippen molar-refractivity contribution in [3.05, 3.63) is 102 Å². The van der Waals surface area contributed by atoms with Crippen LogP contribution in [0, 0.1) is 0 Å². The van der Waals surface area contributed by atoms with E-state index in [0.717, 1.165) is 6.42 Å². The summed E-state index contributed by atoms with van der Waals surface area (Å²) in [7, 11) is 0. The molecular weight excluding hydrogens is 450 g/mol. The first-order valence-corrected chi connectivity index (χ1v) is 8.44. The number of fused-ring (bicyclic) bond motifs is 3. The maximum atomic E-state index is 2.34. The van der Waals surface area contributed by atoms with Gasteiger partial charge in [-0.2, -0.15) is 0 Å². The molecule has 0 N–H and O–H groups in total. The van der Waals surface area contributed by atoms with Crippen LogP contribution in [0.5, 0.6) is 0 Å².